The van der Waals surface area contributed by atoms with E-state index in [1.54, 1.807) is 0 Å². The fourth-order valence-electron chi connectivity index (χ4n) is 1.92. The van der Waals surface area contributed by atoms with Crippen LogP contribution in [0.4, 0.5) is 17.6 Å². The molecular weight excluding hydrogens is 330 g/mol. The second kappa shape index (κ2) is 7.04. The first-order valence-corrected chi connectivity index (χ1v) is 5.36. The number of halogens is 4. The fraction of sp³-hybridized carbons (Fsp3) is 0.417. The van der Waals surface area contributed by atoms with Gasteiger partial charge in [0.05, 0.1) is 12.2 Å². The number of aliphatic hydroxyl groups excluding tert-OH is 2. The van der Waals surface area contributed by atoms with Gasteiger partial charge in [0.15, 0.2) is 23.3 Å². The van der Waals surface area contributed by atoms with E-state index >= 15 is 0 Å². The van der Waals surface area contributed by atoms with Crippen molar-refractivity contribution in [2.75, 3.05) is 0 Å². The minimum atomic E-state index is -1.84. The zero-order chi connectivity index (χ0) is 14.9. The molecule has 1 rings (SSSR count). The van der Waals surface area contributed by atoms with Gasteiger partial charge in [0.25, 0.3) is 0 Å². The number of aliphatic hydroxyl groups is 2. The van der Waals surface area contributed by atoms with Crippen molar-refractivity contribution in [2.45, 2.75) is 32.0 Å². The first-order valence-electron chi connectivity index (χ1n) is 5.36. The van der Waals surface area contributed by atoms with Crippen LogP contribution in [-0.4, -0.2) is 22.4 Å². The summed E-state index contributed by atoms with van der Waals surface area (Å²) in [5.74, 6) is -8.83. The maximum absolute atomic E-state index is 13.7. The molecule has 0 saturated heterocycles. The smallest absolute Gasteiger partial charge is 0.180 e. The molecule has 1 radical (unpaired) electrons. The number of benzene rings is 1. The van der Waals surface area contributed by atoms with E-state index in [0.29, 0.717) is 0 Å². The van der Waals surface area contributed by atoms with E-state index in [1.807, 2.05) is 0 Å². The molecular formula is C12H11CuF4NO2. The van der Waals surface area contributed by atoms with Crippen LogP contribution >= 0.6 is 0 Å². The van der Waals surface area contributed by atoms with Gasteiger partial charge in [-0.2, -0.15) is 5.26 Å². The van der Waals surface area contributed by atoms with Gasteiger partial charge in [-0.3, -0.25) is 0 Å². The molecule has 0 aromatic heterocycles. The molecule has 3 nitrogen and oxygen atoms in total. The summed E-state index contributed by atoms with van der Waals surface area (Å²) in [5.41, 5.74) is -2.49. The monoisotopic (exact) mass is 340 g/mol. The molecule has 0 spiro atoms. The molecule has 20 heavy (non-hydrogen) atoms. The molecule has 8 heteroatoms. The first kappa shape index (κ1) is 18.9. The maximum atomic E-state index is 13.7. The van der Waals surface area contributed by atoms with Crippen molar-refractivity contribution in [1.29, 1.82) is 5.26 Å². The Bertz CT molecular complexity index is 506. The second-order valence-electron chi connectivity index (χ2n) is 4.16. The Morgan fingerprint density at radius 3 is 1.50 bits per heavy atom. The van der Waals surface area contributed by atoms with Crippen molar-refractivity contribution < 1.29 is 44.8 Å². The average molecular weight is 341 g/mol. The van der Waals surface area contributed by atoms with Crippen molar-refractivity contribution in [2.24, 2.45) is 0 Å². The third kappa shape index (κ3) is 3.13. The third-order valence-corrected chi connectivity index (χ3v) is 2.78. The predicted molar refractivity (Wildman–Crippen MR) is 57.1 cm³/mol. The normalized spacial score (nSPS) is 14.9. The van der Waals surface area contributed by atoms with Gasteiger partial charge in [0, 0.05) is 28.6 Å². The van der Waals surface area contributed by atoms with Crippen molar-refractivity contribution in [3.05, 3.63) is 34.4 Å². The Labute approximate surface area is 123 Å². The average Bonchev–Trinajstić information content (AvgIpc) is 2.31. The quantitative estimate of drug-likeness (QED) is 0.502. The summed E-state index contributed by atoms with van der Waals surface area (Å²) in [6, 6.07) is 1.01. The number of nitrogens with zero attached hydrogens (tertiary/aromatic N) is 1. The van der Waals surface area contributed by atoms with Gasteiger partial charge in [-0.05, 0) is 13.8 Å². The van der Waals surface area contributed by atoms with Crippen LogP contribution in [0.25, 0.3) is 0 Å². The summed E-state index contributed by atoms with van der Waals surface area (Å²) in [7, 11) is 0. The van der Waals surface area contributed by atoms with Gasteiger partial charge in [-0.15, -0.1) is 0 Å². The fourth-order valence-corrected chi connectivity index (χ4v) is 1.92. The van der Waals surface area contributed by atoms with Crippen LogP contribution in [0.15, 0.2) is 0 Å². The number of hydrogen-bond acceptors (Lipinski definition) is 3. The van der Waals surface area contributed by atoms with Gasteiger partial charge < -0.3 is 10.2 Å². The van der Waals surface area contributed by atoms with Crippen molar-refractivity contribution >= 4 is 0 Å². The van der Waals surface area contributed by atoms with Crippen LogP contribution in [0.3, 0.4) is 0 Å². The Balaban J connectivity index is 0.00000361. The van der Waals surface area contributed by atoms with E-state index in [-0.39, 0.29) is 17.1 Å². The van der Waals surface area contributed by atoms with Crippen molar-refractivity contribution in [3.8, 4) is 6.07 Å². The molecule has 0 fully saturated rings. The van der Waals surface area contributed by atoms with Gasteiger partial charge >= 0.3 is 0 Å². The molecule has 0 heterocycles. The molecule has 0 bridgehead atoms. The molecule has 2 atom stereocenters. The third-order valence-electron chi connectivity index (χ3n) is 2.78. The van der Waals surface area contributed by atoms with E-state index in [0.717, 1.165) is 19.9 Å². The van der Waals surface area contributed by atoms with E-state index in [4.69, 9.17) is 5.26 Å². The Morgan fingerprint density at radius 1 is 0.900 bits per heavy atom. The SMILES string of the molecule is CC(O)C(c1c(F)c(F)c(C#N)c(F)c1F)C(C)O.[Cu]. The Kier molecular flexibility index (Phi) is 6.65. The molecule has 1 aromatic carbocycles. The van der Waals surface area contributed by atoms with Gasteiger partial charge in [-0.25, -0.2) is 17.6 Å². The number of hydrogen-bond donors (Lipinski definition) is 2. The summed E-state index contributed by atoms with van der Waals surface area (Å²) in [6.07, 6.45) is -2.90. The molecule has 2 N–H and O–H groups in total. The van der Waals surface area contributed by atoms with Gasteiger partial charge in [0.2, 0.25) is 0 Å². The first-order chi connectivity index (χ1) is 8.73. The summed E-state index contributed by atoms with van der Waals surface area (Å²) in [6.45, 7) is 2.23. The number of nitriles is 1. The molecule has 0 aliphatic heterocycles. The summed E-state index contributed by atoms with van der Waals surface area (Å²) < 4.78 is 54.3. The Hall–Kier alpha value is -1.13. The largest absolute Gasteiger partial charge is 0.393 e. The van der Waals surface area contributed by atoms with Crippen LogP contribution in [-0.2, 0) is 17.1 Å². The molecule has 2 unspecified atom stereocenters. The van der Waals surface area contributed by atoms with Crippen LogP contribution in [0, 0.1) is 34.6 Å². The predicted octanol–water partition coefficient (Wildman–Crippen LogP) is 1.96. The summed E-state index contributed by atoms with van der Waals surface area (Å²) >= 11 is 0. The summed E-state index contributed by atoms with van der Waals surface area (Å²) in [5, 5.41) is 27.2. The molecule has 0 aliphatic rings. The van der Waals surface area contributed by atoms with Gasteiger partial charge in [0.1, 0.15) is 11.6 Å². The van der Waals surface area contributed by atoms with E-state index in [9.17, 15) is 27.8 Å². The maximum Gasteiger partial charge on any atom is 0.180 e. The van der Waals surface area contributed by atoms with Crippen LogP contribution in [0.2, 0.25) is 0 Å². The van der Waals surface area contributed by atoms with Crippen molar-refractivity contribution in [3.63, 3.8) is 0 Å². The van der Waals surface area contributed by atoms with Crippen molar-refractivity contribution in [1.82, 2.24) is 0 Å². The van der Waals surface area contributed by atoms with E-state index in [2.05, 4.69) is 0 Å². The molecule has 0 saturated carbocycles. The minimum Gasteiger partial charge on any atom is -0.393 e. The second-order valence-corrected chi connectivity index (χ2v) is 4.16. The minimum absolute atomic E-state index is 0. The zero-order valence-electron chi connectivity index (χ0n) is 10.4. The molecule has 0 aliphatic carbocycles. The van der Waals surface area contributed by atoms with E-state index < -0.39 is 52.5 Å². The standard InChI is InChI=1S/C12H11F4NO2.Cu/c1-4(18)7(5(2)19)8-11(15)9(13)6(3-17)10(14)12(8)16;/h4-5,7,18-19H,1-2H3;. The van der Waals surface area contributed by atoms with Gasteiger partial charge in [-0.1, -0.05) is 0 Å². The summed E-state index contributed by atoms with van der Waals surface area (Å²) in [4.78, 5) is 0. The molecule has 1 aromatic rings. The van der Waals surface area contributed by atoms with E-state index in [1.165, 1.54) is 0 Å². The van der Waals surface area contributed by atoms with Crippen LogP contribution < -0.4 is 0 Å². The van der Waals surface area contributed by atoms with Crippen LogP contribution in [0.5, 0.6) is 0 Å². The number of rotatable bonds is 3. The molecule has 0 amide bonds. The molecule has 115 valence electrons. The topological polar surface area (TPSA) is 64.2 Å². The zero-order valence-corrected chi connectivity index (χ0v) is 11.3. The Morgan fingerprint density at radius 2 is 1.25 bits per heavy atom. The van der Waals surface area contributed by atoms with Crippen LogP contribution in [0.1, 0.15) is 30.9 Å².